The molecule has 0 saturated carbocycles. The van der Waals surface area contributed by atoms with Crippen LogP contribution in [0.2, 0.25) is 0 Å². The number of hydrogen-bond acceptors (Lipinski definition) is 4. The van der Waals surface area contributed by atoms with Crippen LogP contribution >= 0.6 is 0 Å². The number of halogens is 1. The Labute approximate surface area is 134 Å². The van der Waals surface area contributed by atoms with E-state index in [1.54, 1.807) is 6.07 Å². The lowest BCUT2D eigenvalue weighted by Gasteiger charge is -2.13. The molecule has 7 heteroatoms. The summed E-state index contributed by atoms with van der Waals surface area (Å²) >= 11 is 0. The molecule has 0 saturated heterocycles. The third kappa shape index (κ3) is 4.60. The number of nitrogens with zero attached hydrogens (tertiary/aromatic N) is 1. The second-order valence-corrected chi connectivity index (χ2v) is 6.69. The number of rotatable bonds is 6. The van der Waals surface area contributed by atoms with Gasteiger partial charge in [0, 0.05) is 6.54 Å². The van der Waals surface area contributed by atoms with E-state index in [0.717, 1.165) is 17.7 Å². The molecule has 1 unspecified atom stereocenters. The zero-order valence-corrected chi connectivity index (χ0v) is 12.9. The molecule has 0 heterocycles. The number of aliphatic hydroxyl groups is 1. The SMILES string of the molecule is N#Cc1ccc(S(=O)(=O)NCC(O)Cc2ccccc2)c(F)c1. The van der Waals surface area contributed by atoms with Gasteiger partial charge in [0.05, 0.1) is 17.7 Å². The van der Waals surface area contributed by atoms with Crippen LogP contribution in [0.4, 0.5) is 4.39 Å². The zero-order chi connectivity index (χ0) is 16.9. The fraction of sp³-hybridized carbons (Fsp3) is 0.188. The second-order valence-electron chi connectivity index (χ2n) is 4.95. The first-order chi connectivity index (χ1) is 10.9. The molecular formula is C16H15FN2O3S. The summed E-state index contributed by atoms with van der Waals surface area (Å²) in [5.74, 6) is -1.01. The molecule has 0 aromatic heterocycles. The summed E-state index contributed by atoms with van der Waals surface area (Å²) in [5, 5.41) is 18.6. The van der Waals surface area contributed by atoms with Crippen LogP contribution in [-0.2, 0) is 16.4 Å². The Balaban J connectivity index is 2.03. The quantitative estimate of drug-likeness (QED) is 0.839. The van der Waals surface area contributed by atoms with Gasteiger partial charge in [-0.15, -0.1) is 0 Å². The van der Waals surface area contributed by atoms with Gasteiger partial charge in [0.15, 0.2) is 0 Å². The second kappa shape index (κ2) is 7.33. The van der Waals surface area contributed by atoms with Crippen molar-refractivity contribution in [2.24, 2.45) is 0 Å². The third-order valence-corrected chi connectivity index (χ3v) is 4.63. The van der Waals surface area contributed by atoms with E-state index >= 15 is 0 Å². The fourth-order valence-corrected chi connectivity index (χ4v) is 3.16. The van der Waals surface area contributed by atoms with Gasteiger partial charge in [-0.1, -0.05) is 30.3 Å². The molecule has 0 aliphatic rings. The molecule has 2 aromatic carbocycles. The maximum absolute atomic E-state index is 13.8. The van der Waals surface area contributed by atoms with Crippen LogP contribution in [0.25, 0.3) is 0 Å². The van der Waals surface area contributed by atoms with Crippen LogP contribution in [0.3, 0.4) is 0 Å². The van der Waals surface area contributed by atoms with Crippen LogP contribution in [0.5, 0.6) is 0 Å². The number of sulfonamides is 1. The number of benzene rings is 2. The van der Waals surface area contributed by atoms with E-state index in [9.17, 15) is 17.9 Å². The molecule has 0 aliphatic carbocycles. The van der Waals surface area contributed by atoms with E-state index in [0.29, 0.717) is 0 Å². The molecule has 0 amide bonds. The third-order valence-electron chi connectivity index (χ3n) is 3.17. The van der Waals surface area contributed by atoms with Crippen LogP contribution < -0.4 is 4.72 Å². The number of nitrogens with one attached hydrogen (secondary N) is 1. The summed E-state index contributed by atoms with van der Waals surface area (Å²) in [5.41, 5.74) is 0.898. The van der Waals surface area contributed by atoms with Crippen molar-refractivity contribution in [2.45, 2.75) is 17.4 Å². The lowest BCUT2D eigenvalue weighted by molar-refractivity contribution is 0.179. The Morgan fingerprint density at radius 2 is 1.91 bits per heavy atom. The maximum atomic E-state index is 13.8. The number of hydrogen-bond donors (Lipinski definition) is 2. The minimum Gasteiger partial charge on any atom is -0.391 e. The topological polar surface area (TPSA) is 90.2 Å². The monoisotopic (exact) mass is 334 g/mol. The van der Waals surface area contributed by atoms with E-state index in [4.69, 9.17) is 5.26 Å². The normalized spacial score (nSPS) is 12.6. The van der Waals surface area contributed by atoms with E-state index in [2.05, 4.69) is 4.72 Å². The van der Waals surface area contributed by atoms with Crippen molar-refractivity contribution >= 4 is 10.0 Å². The first kappa shape index (κ1) is 17.1. The predicted octanol–water partition coefficient (Wildman–Crippen LogP) is 1.58. The molecule has 0 aliphatic heterocycles. The first-order valence-electron chi connectivity index (χ1n) is 6.83. The smallest absolute Gasteiger partial charge is 0.243 e. The summed E-state index contributed by atoms with van der Waals surface area (Å²) in [7, 11) is -4.10. The highest BCUT2D eigenvalue weighted by atomic mass is 32.2. The molecule has 23 heavy (non-hydrogen) atoms. The van der Waals surface area contributed by atoms with Gasteiger partial charge in [-0.3, -0.25) is 0 Å². The van der Waals surface area contributed by atoms with Gasteiger partial charge < -0.3 is 5.11 Å². The summed E-state index contributed by atoms with van der Waals surface area (Å²) in [6, 6.07) is 13.9. The molecule has 2 aromatic rings. The molecule has 1 atom stereocenters. The predicted molar refractivity (Wildman–Crippen MR) is 82.5 cm³/mol. The molecule has 120 valence electrons. The van der Waals surface area contributed by atoms with Gasteiger partial charge in [0.2, 0.25) is 10.0 Å². The van der Waals surface area contributed by atoms with E-state index in [-0.39, 0.29) is 18.5 Å². The molecule has 0 spiro atoms. The van der Waals surface area contributed by atoms with Gasteiger partial charge in [0.1, 0.15) is 10.7 Å². The van der Waals surface area contributed by atoms with Gasteiger partial charge >= 0.3 is 0 Å². The summed E-state index contributed by atoms with van der Waals surface area (Å²) in [4.78, 5) is -0.552. The van der Waals surface area contributed by atoms with Crippen molar-refractivity contribution in [2.75, 3.05) is 6.54 Å². The molecule has 2 rings (SSSR count). The van der Waals surface area contributed by atoms with Gasteiger partial charge in [-0.25, -0.2) is 17.5 Å². The van der Waals surface area contributed by atoms with Gasteiger partial charge in [0.25, 0.3) is 0 Å². The van der Waals surface area contributed by atoms with Gasteiger partial charge in [-0.05, 0) is 30.2 Å². The Morgan fingerprint density at radius 3 is 2.52 bits per heavy atom. The maximum Gasteiger partial charge on any atom is 0.243 e. The number of aliphatic hydroxyl groups excluding tert-OH is 1. The molecule has 5 nitrogen and oxygen atoms in total. The van der Waals surface area contributed by atoms with E-state index < -0.39 is 26.8 Å². The fourth-order valence-electron chi connectivity index (χ4n) is 2.03. The Bertz CT molecular complexity index is 817. The van der Waals surface area contributed by atoms with Crippen LogP contribution in [0.1, 0.15) is 11.1 Å². The molecule has 0 fully saturated rings. The molecule has 0 radical (unpaired) electrons. The summed E-state index contributed by atoms with van der Waals surface area (Å²) in [6.45, 7) is -0.239. The van der Waals surface area contributed by atoms with Crippen molar-refractivity contribution in [3.05, 3.63) is 65.5 Å². The lowest BCUT2D eigenvalue weighted by Crippen LogP contribution is -2.33. The van der Waals surface area contributed by atoms with E-state index in [1.807, 2.05) is 30.3 Å². The zero-order valence-electron chi connectivity index (χ0n) is 12.1. The molecule has 2 N–H and O–H groups in total. The van der Waals surface area contributed by atoms with Crippen molar-refractivity contribution in [1.82, 2.24) is 4.72 Å². The van der Waals surface area contributed by atoms with Crippen molar-refractivity contribution in [3.8, 4) is 6.07 Å². The van der Waals surface area contributed by atoms with Gasteiger partial charge in [-0.2, -0.15) is 5.26 Å². The molecular weight excluding hydrogens is 319 g/mol. The molecule has 0 bridgehead atoms. The average molecular weight is 334 g/mol. The summed E-state index contributed by atoms with van der Waals surface area (Å²) < 4.78 is 40.1. The van der Waals surface area contributed by atoms with Crippen molar-refractivity contribution in [1.29, 1.82) is 5.26 Å². The standard InChI is InChI=1S/C16H15FN2O3S/c17-15-9-13(10-18)6-7-16(15)23(21,22)19-11-14(20)8-12-4-2-1-3-5-12/h1-7,9,14,19-20H,8,11H2. The minimum atomic E-state index is -4.10. The highest BCUT2D eigenvalue weighted by molar-refractivity contribution is 7.89. The summed E-state index contributed by atoms with van der Waals surface area (Å²) in [6.07, 6.45) is -0.659. The highest BCUT2D eigenvalue weighted by Gasteiger charge is 2.20. The Morgan fingerprint density at radius 1 is 1.22 bits per heavy atom. The largest absolute Gasteiger partial charge is 0.391 e. The first-order valence-corrected chi connectivity index (χ1v) is 8.32. The van der Waals surface area contributed by atoms with E-state index in [1.165, 1.54) is 6.07 Å². The van der Waals surface area contributed by atoms with Crippen molar-refractivity contribution < 1.29 is 17.9 Å². The van der Waals surface area contributed by atoms with Crippen LogP contribution in [-0.4, -0.2) is 26.2 Å². The van der Waals surface area contributed by atoms with Crippen LogP contribution in [0.15, 0.2) is 53.4 Å². The minimum absolute atomic E-state index is 0.0329. The van der Waals surface area contributed by atoms with Crippen LogP contribution in [0, 0.1) is 17.1 Å². The highest BCUT2D eigenvalue weighted by Crippen LogP contribution is 2.15. The number of nitriles is 1. The Hall–Kier alpha value is -2.27. The Kier molecular flexibility index (Phi) is 5.45. The van der Waals surface area contributed by atoms with Crippen molar-refractivity contribution in [3.63, 3.8) is 0 Å². The lowest BCUT2D eigenvalue weighted by atomic mass is 10.1. The average Bonchev–Trinajstić information content (AvgIpc) is 2.53.